The minimum Gasteiger partial charge on any atom is -0.438 e. The van der Waals surface area contributed by atoms with Crippen LogP contribution in [-0.4, -0.2) is 25.4 Å². The molecule has 1 rings (SSSR count). The summed E-state index contributed by atoms with van der Waals surface area (Å²) < 4.78 is 9.63. The molecular weight excluding hydrogens is 134 g/mol. The smallest absolute Gasteiger partial charge is 0.295 e. The molecule has 1 heterocycles. The standard InChI is InChI=1S/C6H11NO3/c7-5-1-2-9-6(3-5)10-4-8/h4-6H,1-3,7H2/t5-,6-/m0/s1. The van der Waals surface area contributed by atoms with E-state index < -0.39 is 6.29 Å². The molecule has 1 aliphatic heterocycles. The van der Waals surface area contributed by atoms with Crippen molar-refractivity contribution in [3.8, 4) is 0 Å². The number of ether oxygens (including phenoxy) is 2. The van der Waals surface area contributed by atoms with Crippen LogP contribution in [0.2, 0.25) is 0 Å². The fourth-order valence-corrected chi connectivity index (χ4v) is 0.941. The molecule has 0 aromatic heterocycles. The summed E-state index contributed by atoms with van der Waals surface area (Å²) in [7, 11) is 0. The number of carbonyl (C=O) groups is 1. The van der Waals surface area contributed by atoms with Crippen LogP contribution in [0.3, 0.4) is 0 Å². The summed E-state index contributed by atoms with van der Waals surface area (Å²) >= 11 is 0. The lowest BCUT2D eigenvalue weighted by molar-refractivity contribution is -0.174. The van der Waals surface area contributed by atoms with Gasteiger partial charge in [-0.05, 0) is 6.42 Å². The highest BCUT2D eigenvalue weighted by molar-refractivity contribution is 5.37. The molecule has 10 heavy (non-hydrogen) atoms. The molecule has 0 radical (unpaired) electrons. The topological polar surface area (TPSA) is 61.6 Å². The van der Waals surface area contributed by atoms with Gasteiger partial charge in [-0.3, -0.25) is 4.79 Å². The van der Waals surface area contributed by atoms with Crippen LogP contribution in [0, 0.1) is 0 Å². The first kappa shape index (κ1) is 7.50. The molecule has 0 unspecified atom stereocenters. The van der Waals surface area contributed by atoms with Crippen molar-refractivity contribution in [2.45, 2.75) is 25.2 Å². The van der Waals surface area contributed by atoms with Gasteiger partial charge in [0.2, 0.25) is 6.29 Å². The van der Waals surface area contributed by atoms with E-state index in [1.807, 2.05) is 0 Å². The molecule has 0 aromatic rings. The third-order valence-electron chi connectivity index (χ3n) is 1.49. The van der Waals surface area contributed by atoms with Gasteiger partial charge in [-0.2, -0.15) is 0 Å². The van der Waals surface area contributed by atoms with E-state index in [9.17, 15) is 4.79 Å². The molecule has 0 saturated carbocycles. The second-order valence-corrected chi connectivity index (χ2v) is 2.32. The fourth-order valence-electron chi connectivity index (χ4n) is 0.941. The van der Waals surface area contributed by atoms with Gasteiger partial charge in [0, 0.05) is 12.5 Å². The van der Waals surface area contributed by atoms with Crippen molar-refractivity contribution in [3.63, 3.8) is 0 Å². The van der Waals surface area contributed by atoms with Crippen LogP contribution in [0.15, 0.2) is 0 Å². The van der Waals surface area contributed by atoms with Gasteiger partial charge in [0.05, 0.1) is 6.61 Å². The summed E-state index contributed by atoms with van der Waals surface area (Å²) in [4.78, 5) is 9.84. The largest absolute Gasteiger partial charge is 0.438 e. The highest BCUT2D eigenvalue weighted by Gasteiger charge is 2.19. The molecule has 58 valence electrons. The van der Waals surface area contributed by atoms with Crippen molar-refractivity contribution in [1.82, 2.24) is 0 Å². The molecular formula is C6H11NO3. The summed E-state index contributed by atoms with van der Waals surface area (Å²) in [5.74, 6) is 0. The zero-order chi connectivity index (χ0) is 7.40. The molecule has 0 bridgehead atoms. The zero-order valence-corrected chi connectivity index (χ0v) is 5.66. The van der Waals surface area contributed by atoms with E-state index in [0.717, 1.165) is 6.42 Å². The summed E-state index contributed by atoms with van der Waals surface area (Å²) in [6.45, 7) is 0.975. The number of hydrogen-bond donors (Lipinski definition) is 1. The van der Waals surface area contributed by atoms with E-state index in [1.54, 1.807) is 0 Å². The van der Waals surface area contributed by atoms with Gasteiger partial charge < -0.3 is 15.2 Å². The van der Waals surface area contributed by atoms with Crippen LogP contribution >= 0.6 is 0 Å². The molecule has 2 N–H and O–H groups in total. The Morgan fingerprint density at radius 3 is 3.10 bits per heavy atom. The molecule has 4 nitrogen and oxygen atoms in total. The Kier molecular flexibility index (Phi) is 2.65. The van der Waals surface area contributed by atoms with E-state index >= 15 is 0 Å². The third-order valence-corrected chi connectivity index (χ3v) is 1.49. The van der Waals surface area contributed by atoms with Crippen LogP contribution < -0.4 is 5.73 Å². The second kappa shape index (κ2) is 3.53. The molecule has 1 saturated heterocycles. The molecule has 0 spiro atoms. The lowest BCUT2D eigenvalue weighted by Crippen LogP contribution is -2.35. The number of rotatable bonds is 2. The highest BCUT2D eigenvalue weighted by Crippen LogP contribution is 2.11. The fraction of sp³-hybridized carbons (Fsp3) is 0.833. The van der Waals surface area contributed by atoms with Crippen LogP contribution in [0.5, 0.6) is 0 Å². The summed E-state index contributed by atoms with van der Waals surface area (Å²) in [6, 6.07) is 0.110. The minimum atomic E-state index is -0.416. The number of hydrogen-bond acceptors (Lipinski definition) is 4. The Morgan fingerprint density at radius 2 is 2.50 bits per heavy atom. The Morgan fingerprint density at radius 1 is 1.70 bits per heavy atom. The summed E-state index contributed by atoms with van der Waals surface area (Å²) in [5, 5.41) is 0. The zero-order valence-electron chi connectivity index (χ0n) is 5.66. The van der Waals surface area contributed by atoms with Crippen molar-refractivity contribution in [2.75, 3.05) is 6.61 Å². The normalized spacial score (nSPS) is 33.3. The first-order valence-corrected chi connectivity index (χ1v) is 3.29. The molecule has 2 atom stereocenters. The molecule has 0 aromatic carbocycles. The van der Waals surface area contributed by atoms with E-state index in [-0.39, 0.29) is 6.04 Å². The lowest BCUT2D eigenvalue weighted by atomic mass is 10.1. The Labute approximate surface area is 59.3 Å². The maximum Gasteiger partial charge on any atom is 0.295 e. The van der Waals surface area contributed by atoms with Gasteiger partial charge in [-0.25, -0.2) is 0 Å². The van der Waals surface area contributed by atoms with Crippen LogP contribution in [0.4, 0.5) is 0 Å². The molecule has 4 heteroatoms. The van der Waals surface area contributed by atoms with Crippen LogP contribution in [-0.2, 0) is 14.3 Å². The maximum atomic E-state index is 9.84. The second-order valence-electron chi connectivity index (χ2n) is 2.32. The molecule has 0 amide bonds. The van der Waals surface area contributed by atoms with Crippen molar-refractivity contribution in [3.05, 3.63) is 0 Å². The van der Waals surface area contributed by atoms with Gasteiger partial charge in [0.25, 0.3) is 6.47 Å². The highest BCUT2D eigenvalue weighted by atomic mass is 16.7. The van der Waals surface area contributed by atoms with E-state index in [4.69, 9.17) is 10.5 Å². The summed E-state index contributed by atoms with van der Waals surface area (Å²) in [5.41, 5.74) is 5.58. The van der Waals surface area contributed by atoms with Gasteiger partial charge in [-0.15, -0.1) is 0 Å². The Balaban J connectivity index is 2.24. The maximum absolute atomic E-state index is 9.84. The predicted octanol–water partition coefficient (Wildman–Crippen LogP) is -0.377. The number of nitrogens with two attached hydrogens (primary N) is 1. The van der Waals surface area contributed by atoms with Crippen LogP contribution in [0.25, 0.3) is 0 Å². The van der Waals surface area contributed by atoms with Gasteiger partial charge in [0.1, 0.15) is 0 Å². The van der Waals surface area contributed by atoms with Gasteiger partial charge in [0.15, 0.2) is 0 Å². The Hall–Kier alpha value is -0.610. The molecule has 1 fully saturated rings. The summed E-state index contributed by atoms with van der Waals surface area (Å²) in [6.07, 6.45) is 1.04. The number of carbonyl (C=O) groups excluding carboxylic acids is 1. The Bertz CT molecular complexity index is 118. The third kappa shape index (κ3) is 1.97. The average molecular weight is 145 g/mol. The molecule has 1 aliphatic rings. The van der Waals surface area contributed by atoms with Crippen molar-refractivity contribution in [1.29, 1.82) is 0 Å². The minimum absolute atomic E-state index is 0.110. The van der Waals surface area contributed by atoms with E-state index in [0.29, 0.717) is 19.5 Å². The molecule has 0 aliphatic carbocycles. The first-order valence-electron chi connectivity index (χ1n) is 3.29. The van der Waals surface area contributed by atoms with Gasteiger partial charge in [-0.1, -0.05) is 0 Å². The van der Waals surface area contributed by atoms with E-state index in [2.05, 4.69) is 4.74 Å². The monoisotopic (exact) mass is 145 g/mol. The van der Waals surface area contributed by atoms with Crippen molar-refractivity contribution in [2.24, 2.45) is 5.73 Å². The van der Waals surface area contributed by atoms with Crippen molar-refractivity contribution >= 4 is 6.47 Å². The average Bonchev–Trinajstić information content (AvgIpc) is 1.88. The SMILES string of the molecule is N[C@H]1CCO[C@@H](OC=O)C1. The van der Waals surface area contributed by atoms with Gasteiger partial charge >= 0.3 is 0 Å². The van der Waals surface area contributed by atoms with Crippen LogP contribution in [0.1, 0.15) is 12.8 Å². The van der Waals surface area contributed by atoms with E-state index in [1.165, 1.54) is 0 Å². The van der Waals surface area contributed by atoms with Crippen molar-refractivity contribution < 1.29 is 14.3 Å². The quantitative estimate of drug-likeness (QED) is 0.538. The first-order chi connectivity index (χ1) is 4.83. The lowest BCUT2D eigenvalue weighted by Gasteiger charge is -2.24. The predicted molar refractivity (Wildman–Crippen MR) is 34.1 cm³/mol.